The molecule has 72 heavy (non-hydrogen) atoms. The summed E-state index contributed by atoms with van der Waals surface area (Å²) in [5, 5.41) is 3.36. The van der Waals surface area contributed by atoms with Crippen molar-refractivity contribution in [3.63, 3.8) is 0 Å². The van der Waals surface area contributed by atoms with Gasteiger partial charge in [-0.2, -0.15) is 0 Å². The van der Waals surface area contributed by atoms with E-state index in [0.29, 0.717) is 11.8 Å². The highest BCUT2D eigenvalue weighted by molar-refractivity contribution is 6.04. The molecule has 346 valence electrons. The van der Waals surface area contributed by atoms with Crippen molar-refractivity contribution in [3.8, 4) is 22.5 Å². The molecule has 3 heterocycles. The molecule has 4 nitrogen and oxygen atoms in total. The predicted octanol–water partition coefficient (Wildman–Crippen LogP) is 16.9. The van der Waals surface area contributed by atoms with Crippen molar-refractivity contribution < 1.29 is 0 Å². The summed E-state index contributed by atoms with van der Waals surface area (Å²) >= 11 is 0. The normalized spacial score (nSPS) is 19.3. The summed E-state index contributed by atoms with van der Waals surface area (Å²) in [7, 11) is 0. The molecular weight excluding hydrogens is 873 g/mol. The molecule has 0 bridgehead atoms. The van der Waals surface area contributed by atoms with Gasteiger partial charge in [0.25, 0.3) is 0 Å². The van der Waals surface area contributed by atoms with Crippen LogP contribution in [0.4, 0.5) is 0 Å². The van der Waals surface area contributed by atoms with Gasteiger partial charge >= 0.3 is 0 Å². The van der Waals surface area contributed by atoms with Crippen LogP contribution < -0.4 is 0 Å². The Hall–Kier alpha value is -8.08. The zero-order valence-electron chi connectivity index (χ0n) is 41.2. The second kappa shape index (κ2) is 16.2. The van der Waals surface area contributed by atoms with E-state index in [-0.39, 0.29) is 10.8 Å². The van der Waals surface area contributed by atoms with E-state index in [1.807, 2.05) is 0 Å². The van der Waals surface area contributed by atoms with Crippen LogP contribution >= 0.6 is 0 Å². The molecule has 9 aromatic rings. The number of pyridine rings is 2. The Morgan fingerprint density at radius 1 is 0.514 bits per heavy atom. The lowest BCUT2D eigenvalue weighted by Gasteiger charge is -2.32. The Balaban J connectivity index is 0.961. The summed E-state index contributed by atoms with van der Waals surface area (Å²) in [5.41, 5.74) is 24.0. The van der Waals surface area contributed by atoms with Crippen molar-refractivity contribution in [2.75, 3.05) is 0 Å². The average molecular weight is 927 g/mol. The second-order valence-electron chi connectivity index (χ2n) is 21.7. The maximum absolute atomic E-state index is 5.71. The summed E-state index contributed by atoms with van der Waals surface area (Å²) in [4.78, 5) is 21.5. The topological polar surface area (TPSA) is 51.6 Å². The van der Waals surface area contributed by atoms with Crippen LogP contribution in [0.1, 0.15) is 104 Å². The SMILES string of the molecule is CC1(C)C2=CC(c3cc(C4=CC=C5c6ccccc6C(C)(C)C5C4)cc4c(-c5ccc(-c6ccc7ccccc7n6)cc5)nc(C5=CC=C(c6ccc7ccccc7n6)CC5)nc34)=CCC2c2ccccc21. The van der Waals surface area contributed by atoms with Crippen molar-refractivity contribution in [2.45, 2.75) is 70.1 Å². The third kappa shape index (κ3) is 6.79. The first-order valence-corrected chi connectivity index (χ1v) is 25.8. The summed E-state index contributed by atoms with van der Waals surface area (Å²) in [6, 6.07) is 57.2. The summed E-state index contributed by atoms with van der Waals surface area (Å²) in [5.74, 6) is 1.52. The Morgan fingerprint density at radius 3 is 1.94 bits per heavy atom. The Kier molecular flexibility index (Phi) is 9.64. The van der Waals surface area contributed by atoms with Crippen LogP contribution in [0.5, 0.6) is 0 Å². The smallest absolute Gasteiger partial charge is 0.156 e. The number of benzene rings is 6. The fourth-order valence-electron chi connectivity index (χ4n) is 13.0. The molecule has 3 aromatic heterocycles. The molecule has 4 heteroatoms. The lowest BCUT2D eigenvalue weighted by molar-refractivity contribution is 0.418. The molecule has 5 aliphatic rings. The largest absolute Gasteiger partial charge is 0.248 e. The highest BCUT2D eigenvalue weighted by Gasteiger charge is 2.44. The maximum Gasteiger partial charge on any atom is 0.156 e. The molecule has 2 atom stereocenters. The van der Waals surface area contributed by atoms with E-state index >= 15 is 0 Å². The number of nitrogens with zero attached hydrogens (tertiary/aromatic N) is 4. The molecule has 0 N–H and O–H groups in total. The summed E-state index contributed by atoms with van der Waals surface area (Å²) < 4.78 is 0. The van der Waals surface area contributed by atoms with Gasteiger partial charge in [-0.15, -0.1) is 0 Å². The highest BCUT2D eigenvalue weighted by atomic mass is 14.9. The van der Waals surface area contributed by atoms with Crippen molar-refractivity contribution in [3.05, 3.63) is 245 Å². The lowest BCUT2D eigenvalue weighted by atomic mass is 9.72. The molecule has 6 aromatic carbocycles. The average Bonchev–Trinajstić information content (AvgIpc) is 3.81. The molecule has 0 radical (unpaired) electrons. The number of rotatable bonds is 6. The molecule has 0 saturated carbocycles. The quantitative estimate of drug-likeness (QED) is 0.167. The Labute approximate surface area is 421 Å². The lowest BCUT2D eigenvalue weighted by Crippen LogP contribution is -2.24. The van der Waals surface area contributed by atoms with Crippen molar-refractivity contribution >= 4 is 60.6 Å². The minimum atomic E-state index is -0.0892. The van der Waals surface area contributed by atoms with Crippen molar-refractivity contribution in [1.82, 2.24) is 19.9 Å². The van der Waals surface area contributed by atoms with E-state index in [1.54, 1.807) is 0 Å². The van der Waals surface area contributed by atoms with Crippen LogP contribution in [0.3, 0.4) is 0 Å². The molecule has 2 unspecified atom stereocenters. The predicted molar refractivity (Wildman–Crippen MR) is 299 cm³/mol. The molecular formula is C68H54N4. The van der Waals surface area contributed by atoms with E-state index in [1.165, 1.54) is 61.2 Å². The van der Waals surface area contributed by atoms with Gasteiger partial charge in [0.05, 0.1) is 33.6 Å². The maximum atomic E-state index is 5.71. The minimum absolute atomic E-state index is 0.00716. The molecule has 14 rings (SSSR count). The summed E-state index contributed by atoms with van der Waals surface area (Å²) in [6.07, 6.45) is 17.9. The third-order valence-corrected chi connectivity index (χ3v) is 17.0. The molecule has 0 saturated heterocycles. The number of hydrogen-bond donors (Lipinski definition) is 0. The number of allylic oxidation sites excluding steroid dienone is 12. The summed E-state index contributed by atoms with van der Waals surface area (Å²) in [6.45, 7) is 9.69. The first-order valence-electron chi connectivity index (χ1n) is 25.8. The monoisotopic (exact) mass is 926 g/mol. The molecule has 0 fully saturated rings. The van der Waals surface area contributed by atoms with Crippen LogP contribution in [-0.2, 0) is 10.8 Å². The molecule has 0 amide bonds. The van der Waals surface area contributed by atoms with Gasteiger partial charge in [-0.05, 0) is 129 Å². The van der Waals surface area contributed by atoms with Gasteiger partial charge < -0.3 is 0 Å². The minimum Gasteiger partial charge on any atom is -0.248 e. The third-order valence-electron chi connectivity index (χ3n) is 17.0. The fraction of sp³-hybridized carbons (Fsp3) is 0.176. The first kappa shape index (κ1) is 42.8. The fourth-order valence-corrected chi connectivity index (χ4v) is 13.0. The van der Waals surface area contributed by atoms with Crippen LogP contribution in [-0.4, -0.2) is 19.9 Å². The highest BCUT2D eigenvalue weighted by Crippen LogP contribution is 2.57. The van der Waals surface area contributed by atoms with Gasteiger partial charge in [-0.1, -0.05) is 191 Å². The van der Waals surface area contributed by atoms with Crippen molar-refractivity contribution in [1.29, 1.82) is 0 Å². The second-order valence-corrected chi connectivity index (χ2v) is 21.7. The molecule has 0 aliphatic heterocycles. The van der Waals surface area contributed by atoms with E-state index in [0.717, 1.165) is 98.0 Å². The van der Waals surface area contributed by atoms with Crippen LogP contribution in [0.25, 0.3) is 83.1 Å². The van der Waals surface area contributed by atoms with Crippen LogP contribution in [0, 0.1) is 5.92 Å². The van der Waals surface area contributed by atoms with Gasteiger partial charge in [0, 0.05) is 44.2 Å². The van der Waals surface area contributed by atoms with Gasteiger partial charge in [0.2, 0.25) is 0 Å². The van der Waals surface area contributed by atoms with E-state index in [2.05, 4.69) is 222 Å². The zero-order chi connectivity index (χ0) is 48.3. The standard InChI is InChI=1S/C68H54N4/c1-67(2)56-17-9-7-15-50(56)52-33-29-47(39-58(52)67)49-37-54(48-30-34-53-51-16-8-10-18-57(51)68(3,4)59(53)40-48)65-55(38-49)64(45-25-21-43(22-26-45)62-35-31-41-13-5-11-19-60(41)69-62)71-66(72-65)46-27-23-44(24-28-46)63-36-32-42-14-6-12-20-61(42)70-63/h5-23,25-27,29-33,35-38,40,53,58H,24,28,34,39H2,1-4H3. The van der Waals surface area contributed by atoms with Gasteiger partial charge in [-0.25, -0.2) is 19.9 Å². The van der Waals surface area contributed by atoms with Gasteiger partial charge in [-0.3, -0.25) is 0 Å². The van der Waals surface area contributed by atoms with E-state index in [4.69, 9.17) is 19.9 Å². The Morgan fingerprint density at radius 2 is 1.17 bits per heavy atom. The van der Waals surface area contributed by atoms with Crippen molar-refractivity contribution in [2.24, 2.45) is 5.92 Å². The number of hydrogen-bond acceptors (Lipinski definition) is 4. The number of fused-ring (bicyclic) bond motifs is 9. The zero-order valence-corrected chi connectivity index (χ0v) is 41.2. The Bertz CT molecular complexity index is 3980. The van der Waals surface area contributed by atoms with Gasteiger partial charge in [0.15, 0.2) is 5.82 Å². The first-order chi connectivity index (χ1) is 35.2. The van der Waals surface area contributed by atoms with Gasteiger partial charge in [0.1, 0.15) is 0 Å². The van der Waals surface area contributed by atoms with E-state index in [9.17, 15) is 0 Å². The molecule has 0 spiro atoms. The van der Waals surface area contributed by atoms with E-state index < -0.39 is 0 Å². The van der Waals surface area contributed by atoms with Crippen LogP contribution in [0.15, 0.2) is 200 Å². The molecule has 5 aliphatic carbocycles. The number of aromatic nitrogens is 4. The van der Waals surface area contributed by atoms with Crippen LogP contribution in [0.2, 0.25) is 0 Å². The number of para-hydroxylation sites is 2.